The predicted molar refractivity (Wildman–Crippen MR) is 76.3 cm³/mol. The molecule has 19 heavy (non-hydrogen) atoms. The van der Waals surface area contributed by atoms with Crippen LogP contribution in [0, 0.1) is 12.8 Å². The average molecular weight is 282 g/mol. The molecule has 5 heteroatoms. The number of rotatable bonds is 4. The summed E-state index contributed by atoms with van der Waals surface area (Å²) in [5, 5.41) is 0. The van der Waals surface area contributed by atoms with Crippen molar-refractivity contribution in [2.45, 2.75) is 37.1 Å². The van der Waals surface area contributed by atoms with Crippen molar-refractivity contribution in [2.24, 2.45) is 11.7 Å². The SMILES string of the molecule is Cc1ccc(S(=O)(=O)N(C)C2CCCC2CN)cc1. The third-order valence-corrected chi connectivity index (χ3v) is 5.98. The lowest BCUT2D eigenvalue weighted by molar-refractivity contribution is 0.304. The van der Waals surface area contributed by atoms with Crippen molar-refractivity contribution in [3.05, 3.63) is 29.8 Å². The number of hydrogen-bond acceptors (Lipinski definition) is 3. The molecule has 2 unspecified atom stereocenters. The van der Waals surface area contributed by atoms with Crippen molar-refractivity contribution in [3.8, 4) is 0 Å². The molecule has 2 N–H and O–H groups in total. The van der Waals surface area contributed by atoms with Crippen LogP contribution in [0.5, 0.6) is 0 Å². The van der Waals surface area contributed by atoms with Gasteiger partial charge in [0, 0.05) is 13.1 Å². The lowest BCUT2D eigenvalue weighted by Crippen LogP contribution is -2.41. The van der Waals surface area contributed by atoms with Crippen molar-refractivity contribution in [1.29, 1.82) is 0 Å². The first-order valence-electron chi connectivity index (χ1n) is 6.71. The van der Waals surface area contributed by atoms with Crippen molar-refractivity contribution in [3.63, 3.8) is 0 Å². The van der Waals surface area contributed by atoms with E-state index in [2.05, 4.69) is 0 Å². The Morgan fingerprint density at radius 2 is 1.89 bits per heavy atom. The lowest BCUT2D eigenvalue weighted by Gasteiger charge is -2.28. The van der Waals surface area contributed by atoms with E-state index in [-0.39, 0.29) is 12.0 Å². The van der Waals surface area contributed by atoms with E-state index in [0.29, 0.717) is 11.4 Å². The Morgan fingerprint density at radius 3 is 2.47 bits per heavy atom. The van der Waals surface area contributed by atoms with Crippen molar-refractivity contribution < 1.29 is 8.42 Å². The van der Waals surface area contributed by atoms with Gasteiger partial charge in [-0.1, -0.05) is 24.1 Å². The molecule has 1 aromatic carbocycles. The van der Waals surface area contributed by atoms with Gasteiger partial charge in [0.05, 0.1) is 4.90 Å². The third kappa shape index (κ3) is 2.83. The van der Waals surface area contributed by atoms with Crippen LogP contribution in [0.25, 0.3) is 0 Å². The molecule has 1 aliphatic rings. The van der Waals surface area contributed by atoms with Crippen molar-refractivity contribution >= 4 is 10.0 Å². The summed E-state index contributed by atoms with van der Waals surface area (Å²) in [7, 11) is -1.73. The summed E-state index contributed by atoms with van der Waals surface area (Å²) < 4.78 is 26.7. The molecular formula is C14H22N2O2S. The molecule has 0 bridgehead atoms. The highest BCUT2D eigenvalue weighted by atomic mass is 32.2. The standard InChI is InChI=1S/C14H22N2O2S/c1-11-6-8-13(9-7-11)19(17,18)16(2)14-5-3-4-12(14)10-15/h6-9,12,14H,3-5,10,15H2,1-2H3. The number of hydrogen-bond donors (Lipinski definition) is 1. The Morgan fingerprint density at radius 1 is 1.26 bits per heavy atom. The molecular weight excluding hydrogens is 260 g/mol. The second-order valence-corrected chi connectivity index (χ2v) is 7.33. The van der Waals surface area contributed by atoms with Gasteiger partial charge in [-0.3, -0.25) is 0 Å². The molecule has 0 spiro atoms. The molecule has 2 atom stereocenters. The maximum Gasteiger partial charge on any atom is 0.243 e. The summed E-state index contributed by atoms with van der Waals surface area (Å²) in [6.45, 7) is 2.50. The Bertz CT molecular complexity index is 525. The molecule has 1 aromatic rings. The number of sulfonamides is 1. The molecule has 0 amide bonds. The summed E-state index contributed by atoms with van der Waals surface area (Å²) in [5.41, 5.74) is 6.80. The molecule has 1 aliphatic carbocycles. The summed E-state index contributed by atoms with van der Waals surface area (Å²) in [6.07, 6.45) is 2.98. The van der Waals surface area contributed by atoms with E-state index in [9.17, 15) is 8.42 Å². The zero-order valence-corrected chi connectivity index (χ0v) is 12.4. The third-order valence-electron chi connectivity index (χ3n) is 4.09. The molecule has 0 radical (unpaired) electrons. The topological polar surface area (TPSA) is 63.4 Å². The van der Waals surface area contributed by atoms with Gasteiger partial charge in [0.1, 0.15) is 0 Å². The molecule has 4 nitrogen and oxygen atoms in total. The van der Waals surface area contributed by atoms with Crippen LogP contribution in [-0.4, -0.2) is 32.4 Å². The Balaban J connectivity index is 2.26. The van der Waals surface area contributed by atoms with Crippen LogP contribution in [0.1, 0.15) is 24.8 Å². The molecule has 1 saturated carbocycles. The average Bonchev–Trinajstić information content (AvgIpc) is 2.86. The van der Waals surface area contributed by atoms with Crippen LogP contribution < -0.4 is 5.73 Å². The van der Waals surface area contributed by atoms with E-state index in [0.717, 1.165) is 24.8 Å². The minimum atomic E-state index is -3.40. The summed E-state index contributed by atoms with van der Waals surface area (Å²) in [6, 6.07) is 7.04. The van der Waals surface area contributed by atoms with E-state index < -0.39 is 10.0 Å². The van der Waals surface area contributed by atoms with Gasteiger partial charge in [-0.2, -0.15) is 4.31 Å². The smallest absolute Gasteiger partial charge is 0.243 e. The maximum absolute atomic E-state index is 12.6. The summed E-state index contributed by atoms with van der Waals surface area (Å²) >= 11 is 0. The van der Waals surface area contributed by atoms with Gasteiger partial charge >= 0.3 is 0 Å². The first-order valence-corrected chi connectivity index (χ1v) is 8.15. The minimum absolute atomic E-state index is 0.0382. The van der Waals surface area contributed by atoms with Crippen LogP contribution in [0.15, 0.2) is 29.2 Å². The molecule has 1 fully saturated rings. The fraction of sp³-hybridized carbons (Fsp3) is 0.571. The van der Waals surface area contributed by atoms with Gasteiger partial charge in [0.25, 0.3) is 0 Å². The largest absolute Gasteiger partial charge is 0.330 e. The van der Waals surface area contributed by atoms with Crippen LogP contribution in [0.3, 0.4) is 0 Å². The van der Waals surface area contributed by atoms with E-state index in [1.165, 1.54) is 4.31 Å². The zero-order chi connectivity index (χ0) is 14.0. The van der Waals surface area contributed by atoms with Crippen LogP contribution in [-0.2, 0) is 10.0 Å². The molecule has 0 aromatic heterocycles. The summed E-state index contributed by atoms with van der Waals surface area (Å²) in [5.74, 6) is 0.283. The molecule has 0 saturated heterocycles. The van der Waals surface area contributed by atoms with E-state index in [1.54, 1.807) is 19.2 Å². The quantitative estimate of drug-likeness (QED) is 0.915. The Hall–Kier alpha value is -0.910. The van der Waals surface area contributed by atoms with Gasteiger partial charge in [-0.25, -0.2) is 8.42 Å². The normalized spacial score (nSPS) is 24.0. The highest BCUT2D eigenvalue weighted by molar-refractivity contribution is 7.89. The highest BCUT2D eigenvalue weighted by Gasteiger charge is 2.35. The molecule has 2 rings (SSSR count). The highest BCUT2D eigenvalue weighted by Crippen LogP contribution is 2.31. The van der Waals surface area contributed by atoms with E-state index in [1.807, 2.05) is 19.1 Å². The fourth-order valence-electron chi connectivity index (χ4n) is 2.83. The fourth-order valence-corrected chi connectivity index (χ4v) is 4.27. The predicted octanol–water partition coefficient (Wildman–Crippen LogP) is 1.74. The second-order valence-electron chi connectivity index (χ2n) is 5.33. The molecule has 0 aliphatic heterocycles. The number of nitrogens with two attached hydrogens (primary N) is 1. The number of aryl methyl sites for hydroxylation is 1. The van der Waals surface area contributed by atoms with Crippen molar-refractivity contribution in [1.82, 2.24) is 4.31 Å². The van der Waals surface area contributed by atoms with Gasteiger partial charge in [0.15, 0.2) is 0 Å². The Kier molecular flexibility index (Phi) is 4.28. The number of benzene rings is 1. The molecule has 0 heterocycles. The number of nitrogens with zero attached hydrogens (tertiary/aromatic N) is 1. The second kappa shape index (κ2) is 5.61. The minimum Gasteiger partial charge on any atom is -0.330 e. The van der Waals surface area contributed by atoms with E-state index >= 15 is 0 Å². The van der Waals surface area contributed by atoms with Crippen LogP contribution in [0.2, 0.25) is 0 Å². The van der Waals surface area contributed by atoms with Gasteiger partial charge < -0.3 is 5.73 Å². The first-order chi connectivity index (χ1) is 8.96. The van der Waals surface area contributed by atoms with Crippen LogP contribution in [0.4, 0.5) is 0 Å². The first kappa shape index (κ1) is 14.5. The van der Waals surface area contributed by atoms with E-state index in [4.69, 9.17) is 5.73 Å². The molecule has 106 valence electrons. The lowest BCUT2D eigenvalue weighted by atomic mass is 10.0. The van der Waals surface area contributed by atoms with Gasteiger partial charge in [-0.05, 0) is 44.4 Å². The Labute approximate surface area is 115 Å². The van der Waals surface area contributed by atoms with Crippen LogP contribution >= 0.6 is 0 Å². The zero-order valence-electron chi connectivity index (χ0n) is 11.5. The van der Waals surface area contributed by atoms with Gasteiger partial charge in [-0.15, -0.1) is 0 Å². The maximum atomic E-state index is 12.6. The van der Waals surface area contributed by atoms with Gasteiger partial charge in [0.2, 0.25) is 10.0 Å². The monoisotopic (exact) mass is 282 g/mol. The summed E-state index contributed by atoms with van der Waals surface area (Å²) in [4.78, 5) is 0.364. The van der Waals surface area contributed by atoms with Crippen molar-refractivity contribution in [2.75, 3.05) is 13.6 Å².